The van der Waals surface area contributed by atoms with Crippen LogP contribution in [0.1, 0.15) is 32.1 Å². The first-order chi connectivity index (χ1) is 6.92. The molecule has 1 atom stereocenters. The molecule has 0 fully saturated rings. The van der Waals surface area contributed by atoms with Gasteiger partial charge in [0, 0.05) is 19.1 Å². The number of rotatable bonds is 3. The van der Waals surface area contributed by atoms with E-state index in [4.69, 9.17) is 5.73 Å². The predicted molar refractivity (Wildman–Crippen MR) is 60.1 cm³/mol. The lowest BCUT2D eigenvalue weighted by Gasteiger charge is -2.30. The van der Waals surface area contributed by atoms with Crippen LogP contribution in [0.15, 0.2) is 23.3 Å². The van der Waals surface area contributed by atoms with E-state index in [2.05, 4.69) is 17.5 Å². The Morgan fingerprint density at radius 2 is 2.21 bits per heavy atom. The third kappa shape index (κ3) is 2.07. The maximum absolute atomic E-state index is 5.52. The maximum Gasteiger partial charge on any atom is 0.0285 e. The van der Waals surface area contributed by atoms with Gasteiger partial charge in [-0.2, -0.15) is 0 Å². The Kier molecular flexibility index (Phi) is 3.38. The summed E-state index contributed by atoms with van der Waals surface area (Å²) in [5.41, 5.74) is 8.87. The molecule has 0 aliphatic heterocycles. The molecule has 2 heteroatoms. The molecule has 0 spiro atoms. The molecule has 14 heavy (non-hydrogen) atoms. The van der Waals surface area contributed by atoms with Crippen molar-refractivity contribution < 1.29 is 0 Å². The van der Waals surface area contributed by atoms with Gasteiger partial charge in [0.1, 0.15) is 0 Å². The van der Waals surface area contributed by atoms with Gasteiger partial charge in [0.05, 0.1) is 0 Å². The van der Waals surface area contributed by atoms with Crippen LogP contribution in [0.3, 0.4) is 0 Å². The largest absolute Gasteiger partial charge is 0.329 e. The zero-order chi connectivity index (χ0) is 9.80. The van der Waals surface area contributed by atoms with Gasteiger partial charge in [0.15, 0.2) is 0 Å². The molecule has 2 rings (SSSR count). The summed E-state index contributed by atoms with van der Waals surface area (Å²) in [6, 6.07) is 0.618. The number of hydrogen-bond donors (Lipinski definition) is 2. The summed E-state index contributed by atoms with van der Waals surface area (Å²) in [5, 5.41) is 3.55. The van der Waals surface area contributed by atoms with Crippen LogP contribution in [0, 0.1) is 0 Å². The molecule has 0 saturated carbocycles. The van der Waals surface area contributed by atoms with E-state index in [9.17, 15) is 0 Å². The molecule has 2 aliphatic rings. The van der Waals surface area contributed by atoms with Gasteiger partial charge in [-0.25, -0.2) is 0 Å². The number of hydrogen-bond acceptors (Lipinski definition) is 2. The number of nitrogens with two attached hydrogens (primary N) is 1. The Bertz CT molecular complexity index is 253. The average molecular weight is 192 g/mol. The van der Waals surface area contributed by atoms with Gasteiger partial charge in [-0.05, 0) is 32.1 Å². The van der Waals surface area contributed by atoms with Crippen LogP contribution in [0.4, 0.5) is 0 Å². The summed E-state index contributed by atoms with van der Waals surface area (Å²) in [4.78, 5) is 0. The molecule has 2 aliphatic carbocycles. The summed E-state index contributed by atoms with van der Waals surface area (Å²) >= 11 is 0. The van der Waals surface area contributed by atoms with Crippen molar-refractivity contribution in [1.82, 2.24) is 5.32 Å². The quantitative estimate of drug-likeness (QED) is 0.668. The summed E-state index contributed by atoms with van der Waals surface area (Å²) in [6.07, 6.45) is 10.9. The minimum atomic E-state index is 0.618. The first-order valence-corrected chi connectivity index (χ1v) is 5.71. The molecule has 0 aromatic heterocycles. The van der Waals surface area contributed by atoms with Crippen LogP contribution in [0.25, 0.3) is 0 Å². The van der Waals surface area contributed by atoms with Gasteiger partial charge in [-0.15, -0.1) is 0 Å². The van der Waals surface area contributed by atoms with Crippen LogP contribution in [-0.4, -0.2) is 19.1 Å². The zero-order valence-electron chi connectivity index (χ0n) is 8.76. The first kappa shape index (κ1) is 9.94. The van der Waals surface area contributed by atoms with E-state index in [0.29, 0.717) is 6.04 Å². The molecule has 0 aromatic carbocycles. The van der Waals surface area contributed by atoms with E-state index in [1.54, 1.807) is 11.1 Å². The fourth-order valence-corrected chi connectivity index (χ4v) is 2.54. The highest BCUT2D eigenvalue weighted by molar-refractivity contribution is 5.30. The fraction of sp³-hybridized carbons (Fsp3) is 0.667. The summed E-state index contributed by atoms with van der Waals surface area (Å²) in [5.74, 6) is 0. The first-order valence-electron chi connectivity index (χ1n) is 5.71. The van der Waals surface area contributed by atoms with Gasteiger partial charge in [0.25, 0.3) is 0 Å². The number of allylic oxidation sites excluding steroid dienone is 3. The highest BCUT2D eigenvalue weighted by Crippen LogP contribution is 2.32. The summed E-state index contributed by atoms with van der Waals surface area (Å²) in [6.45, 7) is 1.69. The molecule has 0 heterocycles. The molecule has 0 saturated heterocycles. The topological polar surface area (TPSA) is 38.0 Å². The highest BCUT2D eigenvalue weighted by Gasteiger charge is 2.22. The van der Waals surface area contributed by atoms with E-state index < -0.39 is 0 Å². The Morgan fingerprint density at radius 3 is 3.07 bits per heavy atom. The minimum Gasteiger partial charge on any atom is -0.329 e. The van der Waals surface area contributed by atoms with Crippen molar-refractivity contribution in [3.8, 4) is 0 Å². The molecular weight excluding hydrogens is 172 g/mol. The van der Waals surface area contributed by atoms with E-state index in [-0.39, 0.29) is 0 Å². The smallest absolute Gasteiger partial charge is 0.0285 e. The van der Waals surface area contributed by atoms with E-state index in [0.717, 1.165) is 19.5 Å². The van der Waals surface area contributed by atoms with Crippen molar-refractivity contribution in [1.29, 1.82) is 0 Å². The SMILES string of the molecule is NCCNC1CCCC2=C1CC=CC2. The molecule has 1 unspecified atom stereocenters. The van der Waals surface area contributed by atoms with Gasteiger partial charge in [0.2, 0.25) is 0 Å². The predicted octanol–water partition coefficient (Wildman–Crippen LogP) is 1.73. The van der Waals surface area contributed by atoms with E-state index in [1.807, 2.05) is 0 Å². The van der Waals surface area contributed by atoms with Crippen molar-refractivity contribution in [2.24, 2.45) is 5.73 Å². The van der Waals surface area contributed by atoms with Crippen LogP contribution in [-0.2, 0) is 0 Å². The molecule has 2 nitrogen and oxygen atoms in total. The molecule has 0 radical (unpaired) electrons. The van der Waals surface area contributed by atoms with Crippen molar-refractivity contribution >= 4 is 0 Å². The Morgan fingerprint density at radius 1 is 1.36 bits per heavy atom. The third-order valence-corrected chi connectivity index (χ3v) is 3.25. The van der Waals surface area contributed by atoms with Crippen LogP contribution >= 0.6 is 0 Å². The zero-order valence-corrected chi connectivity index (χ0v) is 8.76. The summed E-state index contributed by atoms with van der Waals surface area (Å²) in [7, 11) is 0. The standard InChI is InChI=1S/C12H20N2/c13-8-9-14-12-7-3-5-10-4-1-2-6-11(10)12/h1-2,12,14H,3-9,13H2. The molecule has 3 N–H and O–H groups in total. The lowest BCUT2D eigenvalue weighted by Crippen LogP contribution is -2.37. The lowest BCUT2D eigenvalue weighted by molar-refractivity contribution is 0.482. The number of nitrogens with one attached hydrogen (secondary N) is 1. The Balaban J connectivity index is 2.02. The Hall–Kier alpha value is -0.600. The average Bonchev–Trinajstić information content (AvgIpc) is 2.26. The van der Waals surface area contributed by atoms with E-state index >= 15 is 0 Å². The fourth-order valence-electron chi connectivity index (χ4n) is 2.54. The Labute approximate surface area is 86.3 Å². The van der Waals surface area contributed by atoms with Gasteiger partial charge in [-0.3, -0.25) is 0 Å². The van der Waals surface area contributed by atoms with Crippen molar-refractivity contribution in [3.63, 3.8) is 0 Å². The van der Waals surface area contributed by atoms with Crippen LogP contribution < -0.4 is 11.1 Å². The summed E-state index contributed by atoms with van der Waals surface area (Å²) < 4.78 is 0. The highest BCUT2D eigenvalue weighted by atomic mass is 14.9. The van der Waals surface area contributed by atoms with Crippen LogP contribution in [0.5, 0.6) is 0 Å². The molecule has 78 valence electrons. The second kappa shape index (κ2) is 4.76. The minimum absolute atomic E-state index is 0.618. The second-order valence-corrected chi connectivity index (χ2v) is 4.20. The van der Waals surface area contributed by atoms with Crippen LogP contribution in [0.2, 0.25) is 0 Å². The van der Waals surface area contributed by atoms with Gasteiger partial charge >= 0.3 is 0 Å². The molecular formula is C12H20N2. The molecule has 0 aromatic rings. The lowest BCUT2D eigenvalue weighted by atomic mass is 9.82. The van der Waals surface area contributed by atoms with Crippen molar-refractivity contribution in [2.75, 3.05) is 13.1 Å². The van der Waals surface area contributed by atoms with Gasteiger partial charge < -0.3 is 11.1 Å². The monoisotopic (exact) mass is 192 g/mol. The maximum atomic E-state index is 5.52. The normalized spacial score (nSPS) is 26.5. The van der Waals surface area contributed by atoms with Crippen molar-refractivity contribution in [3.05, 3.63) is 23.3 Å². The third-order valence-electron chi connectivity index (χ3n) is 3.25. The molecule has 0 bridgehead atoms. The second-order valence-electron chi connectivity index (χ2n) is 4.20. The van der Waals surface area contributed by atoms with Gasteiger partial charge in [-0.1, -0.05) is 23.3 Å². The van der Waals surface area contributed by atoms with Crippen molar-refractivity contribution in [2.45, 2.75) is 38.1 Å². The molecule has 0 amide bonds. The van der Waals surface area contributed by atoms with E-state index in [1.165, 1.54) is 25.7 Å².